The lowest BCUT2D eigenvalue weighted by Gasteiger charge is -2.14. The second kappa shape index (κ2) is 10.7. The Kier molecular flexibility index (Phi) is 8.33. The molecule has 0 spiro atoms. The fraction of sp³-hybridized carbons (Fsp3) is 0.429. The third kappa shape index (κ3) is 6.71. The van der Waals surface area contributed by atoms with Crippen LogP contribution in [0.3, 0.4) is 0 Å². The molecule has 146 valence electrons. The molecule has 1 atom stereocenters. The maximum Gasteiger partial charge on any atom is 0.253 e. The average molecular weight is 387 g/mol. The first-order valence-corrected chi connectivity index (χ1v) is 10.3. The summed E-state index contributed by atoms with van der Waals surface area (Å²) in [5.74, 6) is 1.28. The maximum atomic E-state index is 12.1. The van der Waals surface area contributed by atoms with E-state index >= 15 is 0 Å². The van der Waals surface area contributed by atoms with Crippen LogP contribution in [0.5, 0.6) is 0 Å². The van der Waals surface area contributed by atoms with Gasteiger partial charge in [-0.2, -0.15) is 0 Å². The standard InChI is InChI=1S/C21H30N4OS/c1-5-22-21(24-15-16(2)19-10-7-13-27-19)23-12-11-17-8-6-9-18(14-17)20(26)25(3)4/h6-10,13-14,16H,5,11-12,15H2,1-4H3,(H2,22,23,24). The normalized spacial score (nSPS) is 12.5. The van der Waals surface area contributed by atoms with E-state index < -0.39 is 0 Å². The summed E-state index contributed by atoms with van der Waals surface area (Å²) in [5, 5.41) is 8.79. The van der Waals surface area contributed by atoms with Crippen molar-refractivity contribution in [3.63, 3.8) is 0 Å². The Morgan fingerprint density at radius 1 is 1.22 bits per heavy atom. The van der Waals surface area contributed by atoms with Gasteiger partial charge in [-0.15, -0.1) is 11.3 Å². The van der Waals surface area contributed by atoms with Gasteiger partial charge in [0, 0.05) is 43.5 Å². The van der Waals surface area contributed by atoms with Gasteiger partial charge in [-0.1, -0.05) is 25.1 Å². The number of aliphatic imine (C=N–C) groups is 1. The second-order valence-corrected chi connectivity index (χ2v) is 7.69. The number of nitrogens with zero attached hydrogens (tertiary/aromatic N) is 2. The molecule has 0 saturated carbocycles. The van der Waals surface area contributed by atoms with Crippen LogP contribution in [0.25, 0.3) is 0 Å². The Morgan fingerprint density at radius 2 is 2.04 bits per heavy atom. The predicted octanol–water partition coefficient (Wildman–Crippen LogP) is 3.35. The van der Waals surface area contributed by atoms with Crippen molar-refractivity contribution in [2.75, 3.05) is 33.7 Å². The fourth-order valence-electron chi connectivity index (χ4n) is 2.67. The van der Waals surface area contributed by atoms with Gasteiger partial charge in [-0.05, 0) is 42.5 Å². The summed E-state index contributed by atoms with van der Waals surface area (Å²) in [5.41, 5.74) is 1.86. The first-order chi connectivity index (χ1) is 13.0. The Hall–Kier alpha value is -2.34. The highest BCUT2D eigenvalue weighted by molar-refractivity contribution is 7.10. The Labute approximate surface area is 166 Å². The molecular weight excluding hydrogens is 356 g/mol. The third-order valence-corrected chi connectivity index (χ3v) is 5.29. The molecular formula is C21H30N4OS. The molecule has 1 amide bonds. The zero-order valence-electron chi connectivity index (χ0n) is 16.7. The number of hydrogen-bond donors (Lipinski definition) is 2. The van der Waals surface area contributed by atoms with E-state index in [1.54, 1.807) is 30.3 Å². The lowest BCUT2D eigenvalue weighted by Crippen LogP contribution is -2.38. The van der Waals surface area contributed by atoms with Crippen molar-refractivity contribution in [2.24, 2.45) is 4.99 Å². The molecule has 1 aromatic heterocycles. The van der Waals surface area contributed by atoms with Crippen LogP contribution in [0.2, 0.25) is 0 Å². The highest BCUT2D eigenvalue weighted by Gasteiger charge is 2.09. The number of amides is 1. The minimum Gasteiger partial charge on any atom is -0.357 e. The van der Waals surface area contributed by atoms with E-state index in [0.717, 1.165) is 43.1 Å². The molecule has 0 aliphatic rings. The van der Waals surface area contributed by atoms with E-state index in [1.165, 1.54) is 4.88 Å². The lowest BCUT2D eigenvalue weighted by atomic mass is 10.1. The summed E-state index contributed by atoms with van der Waals surface area (Å²) in [6, 6.07) is 12.1. The highest BCUT2D eigenvalue weighted by atomic mass is 32.1. The molecule has 5 nitrogen and oxygen atoms in total. The molecule has 27 heavy (non-hydrogen) atoms. The van der Waals surface area contributed by atoms with Crippen LogP contribution in [-0.4, -0.2) is 50.5 Å². The van der Waals surface area contributed by atoms with Crippen LogP contribution in [0.15, 0.2) is 46.8 Å². The van der Waals surface area contributed by atoms with Crippen LogP contribution in [-0.2, 0) is 6.42 Å². The van der Waals surface area contributed by atoms with Crippen molar-refractivity contribution in [3.8, 4) is 0 Å². The van der Waals surface area contributed by atoms with E-state index in [4.69, 9.17) is 4.99 Å². The molecule has 1 aromatic carbocycles. The molecule has 2 rings (SSSR count). The second-order valence-electron chi connectivity index (χ2n) is 6.71. The molecule has 1 unspecified atom stereocenters. The monoisotopic (exact) mass is 386 g/mol. The Balaban J connectivity index is 1.89. The number of nitrogens with one attached hydrogen (secondary N) is 2. The molecule has 2 aromatic rings. The number of hydrogen-bond acceptors (Lipinski definition) is 3. The van der Waals surface area contributed by atoms with Crippen LogP contribution < -0.4 is 10.6 Å². The van der Waals surface area contributed by atoms with E-state index in [0.29, 0.717) is 5.92 Å². The van der Waals surface area contributed by atoms with Crippen molar-refractivity contribution >= 4 is 23.2 Å². The highest BCUT2D eigenvalue weighted by Crippen LogP contribution is 2.20. The summed E-state index contributed by atoms with van der Waals surface area (Å²) >= 11 is 1.78. The average Bonchev–Trinajstić information content (AvgIpc) is 3.20. The zero-order valence-corrected chi connectivity index (χ0v) is 17.5. The third-order valence-electron chi connectivity index (χ3n) is 4.18. The Morgan fingerprint density at radius 3 is 2.70 bits per heavy atom. The first kappa shape index (κ1) is 21.0. The molecule has 0 aliphatic carbocycles. The van der Waals surface area contributed by atoms with Gasteiger partial charge in [0.1, 0.15) is 0 Å². The van der Waals surface area contributed by atoms with E-state index in [2.05, 4.69) is 48.1 Å². The minimum absolute atomic E-state index is 0.0299. The molecule has 1 heterocycles. The van der Waals surface area contributed by atoms with Crippen molar-refractivity contribution in [1.82, 2.24) is 15.5 Å². The first-order valence-electron chi connectivity index (χ1n) is 9.37. The number of thiophene rings is 1. The SMILES string of the molecule is CCNC(=NCC(C)c1cccs1)NCCc1cccc(C(=O)N(C)C)c1. The van der Waals surface area contributed by atoms with Crippen LogP contribution in [0, 0.1) is 0 Å². The number of carbonyl (C=O) groups excluding carboxylic acids is 1. The van der Waals surface area contributed by atoms with Crippen molar-refractivity contribution in [2.45, 2.75) is 26.2 Å². The lowest BCUT2D eigenvalue weighted by molar-refractivity contribution is 0.0827. The summed E-state index contributed by atoms with van der Waals surface area (Å²) < 4.78 is 0. The molecule has 6 heteroatoms. The van der Waals surface area contributed by atoms with Crippen molar-refractivity contribution < 1.29 is 4.79 Å². The number of benzene rings is 1. The minimum atomic E-state index is 0.0299. The number of carbonyl (C=O) groups is 1. The molecule has 2 N–H and O–H groups in total. The molecule has 0 bridgehead atoms. The summed E-state index contributed by atoms with van der Waals surface area (Å²) in [4.78, 5) is 19.8. The van der Waals surface area contributed by atoms with Crippen LogP contribution in [0.1, 0.15) is 40.6 Å². The largest absolute Gasteiger partial charge is 0.357 e. The Bertz CT molecular complexity index is 740. The fourth-order valence-corrected chi connectivity index (χ4v) is 3.45. The van der Waals surface area contributed by atoms with Gasteiger partial charge in [0.05, 0.1) is 6.54 Å². The summed E-state index contributed by atoms with van der Waals surface area (Å²) in [6.45, 7) is 6.61. The van der Waals surface area contributed by atoms with Gasteiger partial charge < -0.3 is 15.5 Å². The van der Waals surface area contributed by atoms with Crippen molar-refractivity contribution in [3.05, 3.63) is 57.8 Å². The predicted molar refractivity (Wildman–Crippen MR) is 115 cm³/mol. The van der Waals surface area contributed by atoms with Gasteiger partial charge >= 0.3 is 0 Å². The van der Waals surface area contributed by atoms with E-state index in [-0.39, 0.29) is 5.91 Å². The van der Waals surface area contributed by atoms with E-state index in [1.807, 2.05) is 18.2 Å². The zero-order chi connectivity index (χ0) is 19.6. The molecule has 0 fully saturated rings. The molecule has 0 aliphatic heterocycles. The van der Waals surface area contributed by atoms with Crippen LogP contribution >= 0.6 is 11.3 Å². The van der Waals surface area contributed by atoms with Crippen LogP contribution in [0.4, 0.5) is 0 Å². The molecule has 0 radical (unpaired) electrons. The van der Waals surface area contributed by atoms with Gasteiger partial charge in [0.15, 0.2) is 5.96 Å². The van der Waals surface area contributed by atoms with Gasteiger partial charge in [-0.25, -0.2) is 0 Å². The quantitative estimate of drug-likeness (QED) is 0.540. The smallest absolute Gasteiger partial charge is 0.253 e. The summed E-state index contributed by atoms with van der Waals surface area (Å²) in [6.07, 6.45) is 0.833. The maximum absolute atomic E-state index is 12.1. The molecule has 0 saturated heterocycles. The van der Waals surface area contributed by atoms with Gasteiger partial charge in [-0.3, -0.25) is 9.79 Å². The number of rotatable bonds is 8. The van der Waals surface area contributed by atoms with Gasteiger partial charge in [0.25, 0.3) is 5.91 Å². The van der Waals surface area contributed by atoms with Gasteiger partial charge in [0.2, 0.25) is 0 Å². The van der Waals surface area contributed by atoms with Crippen molar-refractivity contribution in [1.29, 1.82) is 0 Å². The number of guanidine groups is 1. The topological polar surface area (TPSA) is 56.7 Å². The van der Waals surface area contributed by atoms with E-state index in [9.17, 15) is 4.79 Å². The summed E-state index contributed by atoms with van der Waals surface area (Å²) in [7, 11) is 3.54.